The Morgan fingerprint density at radius 3 is 2.44 bits per heavy atom. The Hall–Kier alpha value is -3.60. The first-order chi connectivity index (χ1) is 13.2. The maximum atomic E-state index is 9.55. The third kappa shape index (κ3) is 3.27. The van der Waals surface area contributed by atoms with Crippen molar-refractivity contribution in [2.45, 2.75) is 6.92 Å². The molecule has 0 atom stereocenters. The number of fused-ring (bicyclic) bond motifs is 1. The first-order valence-electron chi connectivity index (χ1n) is 8.62. The fourth-order valence-electron chi connectivity index (χ4n) is 3.00. The maximum Gasteiger partial charge on any atom is 0.162 e. The van der Waals surface area contributed by atoms with Crippen molar-refractivity contribution in [1.29, 1.82) is 0 Å². The van der Waals surface area contributed by atoms with Gasteiger partial charge in [0.25, 0.3) is 0 Å². The number of rotatable bonds is 4. The normalized spacial score (nSPS) is 10.7. The molecule has 0 spiro atoms. The molecule has 5 heteroatoms. The summed E-state index contributed by atoms with van der Waals surface area (Å²) in [5.74, 6) is 2.26. The van der Waals surface area contributed by atoms with E-state index in [1.807, 2.05) is 49.4 Å². The van der Waals surface area contributed by atoms with E-state index in [4.69, 9.17) is 9.72 Å². The second kappa shape index (κ2) is 6.96. The van der Waals surface area contributed by atoms with Gasteiger partial charge in [-0.2, -0.15) is 0 Å². The topological polar surface area (TPSA) is 67.3 Å². The molecule has 27 heavy (non-hydrogen) atoms. The van der Waals surface area contributed by atoms with Crippen molar-refractivity contribution < 1.29 is 9.84 Å². The van der Waals surface area contributed by atoms with Gasteiger partial charge in [0.1, 0.15) is 17.3 Å². The number of nitrogens with one attached hydrogen (secondary N) is 1. The smallest absolute Gasteiger partial charge is 0.162 e. The van der Waals surface area contributed by atoms with E-state index in [1.54, 1.807) is 31.4 Å². The summed E-state index contributed by atoms with van der Waals surface area (Å²) in [5, 5.41) is 13.9. The Morgan fingerprint density at radius 2 is 1.67 bits per heavy atom. The van der Waals surface area contributed by atoms with Crippen LogP contribution in [0.4, 0.5) is 11.5 Å². The van der Waals surface area contributed by atoms with E-state index < -0.39 is 0 Å². The number of para-hydroxylation sites is 2. The van der Waals surface area contributed by atoms with Crippen LogP contribution < -0.4 is 10.1 Å². The monoisotopic (exact) mass is 357 g/mol. The van der Waals surface area contributed by atoms with E-state index >= 15 is 0 Å². The second-order valence-corrected chi connectivity index (χ2v) is 6.24. The summed E-state index contributed by atoms with van der Waals surface area (Å²) in [7, 11) is 1.65. The summed E-state index contributed by atoms with van der Waals surface area (Å²) in [6.45, 7) is 2.02. The lowest BCUT2D eigenvalue weighted by Gasteiger charge is -2.15. The van der Waals surface area contributed by atoms with Crippen molar-refractivity contribution >= 4 is 22.4 Å². The zero-order valence-corrected chi connectivity index (χ0v) is 15.1. The van der Waals surface area contributed by atoms with E-state index in [1.165, 1.54) is 0 Å². The van der Waals surface area contributed by atoms with Crippen LogP contribution in [0.2, 0.25) is 0 Å². The van der Waals surface area contributed by atoms with Gasteiger partial charge in [0.2, 0.25) is 0 Å². The molecule has 0 bridgehead atoms. The maximum absolute atomic E-state index is 9.55. The van der Waals surface area contributed by atoms with E-state index in [9.17, 15) is 5.11 Å². The number of benzene rings is 3. The van der Waals surface area contributed by atoms with Crippen LogP contribution in [-0.4, -0.2) is 22.2 Å². The molecule has 0 saturated carbocycles. The van der Waals surface area contributed by atoms with Crippen LogP contribution >= 0.6 is 0 Å². The van der Waals surface area contributed by atoms with Crippen molar-refractivity contribution in [3.05, 3.63) is 72.3 Å². The fourth-order valence-corrected chi connectivity index (χ4v) is 3.00. The number of hydrogen-bond donors (Lipinski definition) is 2. The van der Waals surface area contributed by atoms with E-state index in [0.717, 1.165) is 33.5 Å². The number of nitrogens with zero attached hydrogens (tertiary/aromatic N) is 2. The number of methoxy groups -OCH3 is 1. The number of aromatic hydroxyl groups is 1. The van der Waals surface area contributed by atoms with Gasteiger partial charge in [0, 0.05) is 10.9 Å². The minimum atomic E-state index is 0.211. The van der Waals surface area contributed by atoms with Crippen LogP contribution in [0, 0.1) is 6.92 Å². The Labute approximate surface area is 157 Å². The minimum Gasteiger partial charge on any atom is -0.508 e. The minimum absolute atomic E-state index is 0.211. The molecule has 0 fully saturated rings. The van der Waals surface area contributed by atoms with Gasteiger partial charge in [-0.05, 0) is 55.0 Å². The molecular weight excluding hydrogens is 338 g/mol. The van der Waals surface area contributed by atoms with Crippen molar-refractivity contribution in [3.8, 4) is 22.9 Å². The van der Waals surface area contributed by atoms with Gasteiger partial charge >= 0.3 is 0 Å². The lowest BCUT2D eigenvalue weighted by molar-refractivity contribution is 0.416. The number of hydrogen-bond acceptors (Lipinski definition) is 5. The predicted octanol–water partition coefficient (Wildman–Crippen LogP) is 5.06. The Bertz CT molecular complexity index is 1110. The molecule has 0 aliphatic carbocycles. The number of anilines is 2. The molecule has 0 amide bonds. The molecule has 1 aromatic heterocycles. The van der Waals surface area contributed by atoms with Gasteiger partial charge in [-0.15, -0.1) is 0 Å². The molecule has 2 N–H and O–H groups in total. The molecule has 0 saturated heterocycles. The van der Waals surface area contributed by atoms with E-state index in [0.29, 0.717) is 11.6 Å². The number of phenolic OH excluding ortho intramolecular Hbond substituents is 1. The first-order valence-corrected chi connectivity index (χ1v) is 8.62. The first kappa shape index (κ1) is 16.8. The summed E-state index contributed by atoms with van der Waals surface area (Å²) in [6, 6.07) is 20.6. The predicted molar refractivity (Wildman–Crippen MR) is 108 cm³/mol. The van der Waals surface area contributed by atoms with Gasteiger partial charge in [-0.3, -0.25) is 0 Å². The molecule has 0 radical (unpaired) electrons. The third-order valence-corrected chi connectivity index (χ3v) is 4.43. The van der Waals surface area contributed by atoms with Crippen molar-refractivity contribution in [1.82, 2.24) is 9.97 Å². The summed E-state index contributed by atoms with van der Waals surface area (Å²) in [5.41, 5.74) is 3.60. The van der Waals surface area contributed by atoms with Crippen LogP contribution in [0.25, 0.3) is 22.3 Å². The van der Waals surface area contributed by atoms with Crippen LogP contribution in [0.3, 0.4) is 0 Å². The SMILES string of the molecule is COc1cccc(C)c1Nc1nc(-c2ccc(O)cc2)nc2ccccc12. The highest BCUT2D eigenvalue weighted by atomic mass is 16.5. The van der Waals surface area contributed by atoms with Gasteiger partial charge < -0.3 is 15.2 Å². The van der Waals surface area contributed by atoms with Gasteiger partial charge in [0.05, 0.1) is 18.3 Å². The van der Waals surface area contributed by atoms with Crippen molar-refractivity contribution in [3.63, 3.8) is 0 Å². The molecule has 0 aliphatic rings. The molecule has 3 aromatic carbocycles. The molecule has 4 rings (SSSR count). The zero-order valence-electron chi connectivity index (χ0n) is 15.1. The highest BCUT2D eigenvalue weighted by Gasteiger charge is 2.13. The number of ether oxygens (including phenoxy) is 1. The highest BCUT2D eigenvalue weighted by molar-refractivity contribution is 5.93. The number of aryl methyl sites for hydroxylation is 1. The Kier molecular flexibility index (Phi) is 4.34. The summed E-state index contributed by atoms with van der Waals surface area (Å²) in [6.07, 6.45) is 0. The molecule has 0 aliphatic heterocycles. The van der Waals surface area contributed by atoms with E-state index in [-0.39, 0.29) is 5.75 Å². The summed E-state index contributed by atoms with van der Waals surface area (Å²) in [4.78, 5) is 9.43. The van der Waals surface area contributed by atoms with Gasteiger partial charge in [0.15, 0.2) is 5.82 Å². The molecular formula is C22H19N3O2. The molecule has 1 heterocycles. The quantitative estimate of drug-likeness (QED) is 0.534. The lowest BCUT2D eigenvalue weighted by Crippen LogP contribution is -2.02. The van der Waals surface area contributed by atoms with Gasteiger partial charge in [-0.1, -0.05) is 24.3 Å². The fraction of sp³-hybridized carbons (Fsp3) is 0.0909. The second-order valence-electron chi connectivity index (χ2n) is 6.24. The van der Waals surface area contributed by atoms with E-state index in [2.05, 4.69) is 10.3 Å². The molecule has 0 unspecified atom stereocenters. The number of phenols is 1. The highest BCUT2D eigenvalue weighted by Crippen LogP contribution is 2.33. The third-order valence-electron chi connectivity index (χ3n) is 4.43. The largest absolute Gasteiger partial charge is 0.508 e. The van der Waals surface area contributed by atoms with Crippen LogP contribution in [0.15, 0.2) is 66.7 Å². The molecule has 4 aromatic rings. The summed E-state index contributed by atoms with van der Waals surface area (Å²) < 4.78 is 5.50. The standard InChI is InChI=1S/C22H19N3O2/c1-14-6-5-9-19(27-2)20(14)24-22-17-7-3-4-8-18(17)23-21(25-22)15-10-12-16(26)13-11-15/h3-13,26H,1-2H3,(H,23,24,25). The van der Waals surface area contributed by atoms with Crippen molar-refractivity contribution in [2.75, 3.05) is 12.4 Å². The lowest BCUT2D eigenvalue weighted by atomic mass is 10.1. The number of aromatic nitrogens is 2. The molecule has 5 nitrogen and oxygen atoms in total. The summed E-state index contributed by atoms with van der Waals surface area (Å²) >= 11 is 0. The average molecular weight is 357 g/mol. The molecule has 134 valence electrons. The van der Waals surface area contributed by atoms with Gasteiger partial charge in [-0.25, -0.2) is 9.97 Å². The van der Waals surface area contributed by atoms with Crippen LogP contribution in [0.5, 0.6) is 11.5 Å². The van der Waals surface area contributed by atoms with Crippen molar-refractivity contribution in [2.24, 2.45) is 0 Å². The Balaban J connectivity index is 1.88. The van der Waals surface area contributed by atoms with Crippen LogP contribution in [0.1, 0.15) is 5.56 Å². The average Bonchev–Trinajstić information content (AvgIpc) is 2.70. The zero-order chi connectivity index (χ0) is 18.8. The Morgan fingerprint density at radius 1 is 0.889 bits per heavy atom. The van der Waals surface area contributed by atoms with Crippen LogP contribution in [-0.2, 0) is 0 Å².